The molecular formula is C31H41NO7. The average Bonchev–Trinajstić information content (AvgIpc) is 2.92. The number of carbonyl (C=O) groups is 4. The molecule has 0 bridgehead atoms. The topological polar surface area (TPSA) is 119 Å². The van der Waals surface area contributed by atoms with Crippen molar-refractivity contribution in [3.8, 4) is 5.75 Å². The molecule has 2 rings (SSSR count). The molecule has 0 aliphatic carbocycles. The number of esters is 1. The van der Waals surface area contributed by atoms with Crippen LogP contribution in [0.4, 0.5) is 0 Å². The minimum Gasteiger partial charge on any atom is -0.489 e. The van der Waals surface area contributed by atoms with Gasteiger partial charge in [0.25, 0.3) is 0 Å². The fraction of sp³-hybridized carbons (Fsp3) is 0.484. The van der Waals surface area contributed by atoms with Gasteiger partial charge in [-0.1, -0.05) is 63.2 Å². The van der Waals surface area contributed by atoms with Crippen molar-refractivity contribution in [1.82, 2.24) is 5.32 Å². The normalized spacial score (nSPS) is 12.5. The highest BCUT2D eigenvalue weighted by Gasteiger charge is 2.25. The van der Waals surface area contributed by atoms with Crippen molar-refractivity contribution in [3.63, 3.8) is 0 Å². The first-order chi connectivity index (χ1) is 18.7. The molecule has 39 heavy (non-hydrogen) atoms. The van der Waals surface area contributed by atoms with Crippen LogP contribution in [-0.2, 0) is 25.5 Å². The number of benzene rings is 2. The van der Waals surface area contributed by atoms with E-state index in [1.54, 1.807) is 38.1 Å². The van der Waals surface area contributed by atoms with E-state index in [2.05, 4.69) is 5.32 Å². The molecule has 2 aromatic carbocycles. The first kappa shape index (κ1) is 31.7. The van der Waals surface area contributed by atoms with Gasteiger partial charge in [0.05, 0.1) is 17.9 Å². The van der Waals surface area contributed by atoms with Gasteiger partial charge < -0.3 is 19.9 Å². The van der Waals surface area contributed by atoms with Crippen LogP contribution in [0.2, 0.25) is 0 Å². The van der Waals surface area contributed by atoms with E-state index in [9.17, 15) is 24.3 Å². The van der Waals surface area contributed by atoms with Crippen LogP contribution in [0.1, 0.15) is 68.8 Å². The van der Waals surface area contributed by atoms with Crippen LogP contribution in [0.5, 0.6) is 5.75 Å². The number of hydrogen-bond acceptors (Lipinski definition) is 7. The van der Waals surface area contributed by atoms with Crippen LogP contribution in [-0.4, -0.2) is 54.4 Å². The van der Waals surface area contributed by atoms with Gasteiger partial charge in [-0.05, 0) is 43.0 Å². The smallest absolute Gasteiger partial charge is 0.307 e. The van der Waals surface area contributed by atoms with E-state index in [-0.39, 0.29) is 43.4 Å². The Morgan fingerprint density at radius 3 is 2.28 bits per heavy atom. The second kappa shape index (κ2) is 17.1. The third kappa shape index (κ3) is 11.8. The molecule has 8 heteroatoms. The maximum Gasteiger partial charge on any atom is 0.307 e. The number of aryl methyl sites for hydroxylation is 1. The van der Waals surface area contributed by atoms with Gasteiger partial charge in [-0.3, -0.25) is 19.2 Å². The van der Waals surface area contributed by atoms with Crippen LogP contribution in [0.3, 0.4) is 0 Å². The van der Waals surface area contributed by atoms with E-state index in [0.717, 1.165) is 18.5 Å². The highest BCUT2D eigenvalue weighted by molar-refractivity contribution is 5.98. The number of ketones is 2. The van der Waals surface area contributed by atoms with Crippen molar-refractivity contribution in [3.05, 3.63) is 65.7 Å². The summed E-state index contributed by atoms with van der Waals surface area (Å²) in [6.07, 6.45) is 0.905. The average molecular weight is 540 g/mol. The summed E-state index contributed by atoms with van der Waals surface area (Å²) in [7, 11) is 0. The molecule has 0 radical (unpaired) electrons. The van der Waals surface area contributed by atoms with Crippen LogP contribution in [0.15, 0.2) is 54.6 Å². The number of carboxylic acids is 1. The number of hydrogen-bond donors (Lipinski definition) is 2. The minimum absolute atomic E-state index is 0.0355. The van der Waals surface area contributed by atoms with E-state index in [0.29, 0.717) is 30.7 Å². The molecule has 0 saturated heterocycles. The number of Topliss-reactive ketones (excluding diaryl/α,β-unsaturated/α-hetero) is 2. The fourth-order valence-corrected chi connectivity index (χ4v) is 4.06. The molecular weight excluding hydrogens is 498 g/mol. The number of nitrogens with one attached hydrogen (secondary N) is 1. The Hall–Kier alpha value is -3.52. The maximum atomic E-state index is 12.9. The van der Waals surface area contributed by atoms with E-state index >= 15 is 0 Å². The summed E-state index contributed by atoms with van der Waals surface area (Å²) in [6.45, 7) is 6.65. The Labute approximate surface area is 231 Å². The van der Waals surface area contributed by atoms with Crippen molar-refractivity contribution < 1.29 is 33.8 Å². The number of carbonyl (C=O) groups excluding carboxylic acids is 3. The maximum absolute atomic E-state index is 12.9. The fourth-order valence-electron chi connectivity index (χ4n) is 4.06. The van der Waals surface area contributed by atoms with Gasteiger partial charge in [-0.25, -0.2) is 0 Å². The molecule has 0 amide bonds. The Morgan fingerprint density at radius 1 is 0.923 bits per heavy atom. The zero-order chi connectivity index (χ0) is 28.6. The molecule has 8 nitrogen and oxygen atoms in total. The van der Waals surface area contributed by atoms with E-state index in [4.69, 9.17) is 9.47 Å². The Morgan fingerprint density at radius 2 is 1.62 bits per heavy atom. The van der Waals surface area contributed by atoms with Gasteiger partial charge in [-0.15, -0.1) is 0 Å². The number of carboxylic acid groups (broad SMARTS) is 1. The molecule has 212 valence electrons. The number of ether oxygens (including phenoxy) is 2. The Bertz CT molecular complexity index is 1070. The summed E-state index contributed by atoms with van der Waals surface area (Å²) in [5.41, 5.74) is 1.56. The molecule has 0 spiro atoms. The quantitative estimate of drug-likeness (QED) is 0.147. The first-order valence-electron chi connectivity index (χ1n) is 13.6. The highest BCUT2D eigenvalue weighted by Crippen LogP contribution is 2.21. The monoisotopic (exact) mass is 539 g/mol. The van der Waals surface area contributed by atoms with Crippen molar-refractivity contribution in [2.45, 2.75) is 65.4 Å². The Kier molecular flexibility index (Phi) is 13.9. The lowest BCUT2D eigenvalue weighted by molar-refractivity contribution is -0.151. The molecule has 1 unspecified atom stereocenters. The zero-order valence-corrected chi connectivity index (χ0v) is 23.2. The van der Waals surface area contributed by atoms with Crippen LogP contribution >= 0.6 is 0 Å². The van der Waals surface area contributed by atoms with Gasteiger partial charge >= 0.3 is 11.9 Å². The third-order valence-corrected chi connectivity index (χ3v) is 6.37. The Balaban J connectivity index is 1.94. The minimum atomic E-state index is -1.01. The van der Waals surface area contributed by atoms with Crippen LogP contribution in [0.25, 0.3) is 0 Å². The van der Waals surface area contributed by atoms with E-state index < -0.39 is 24.0 Å². The summed E-state index contributed by atoms with van der Waals surface area (Å²) in [5, 5.41) is 12.5. The van der Waals surface area contributed by atoms with Gasteiger partial charge in [0.1, 0.15) is 24.2 Å². The van der Waals surface area contributed by atoms with Crippen molar-refractivity contribution in [2.24, 2.45) is 11.8 Å². The number of rotatable bonds is 19. The summed E-state index contributed by atoms with van der Waals surface area (Å²) in [5.74, 6) is -2.42. The lowest BCUT2D eigenvalue weighted by Crippen LogP contribution is -2.36. The summed E-state index contributed by atoms with van der Waals surface area (Å²) in [4.78, 5) is 49.1. The van der Waals surface area contributed by atoms with E-state index in [1.807, 2.05) is 37.3 Å². The highest BCUT2D eigenvalue weighted by atomic mass is 16.6. The van der Waals surface area contributed by atoms with Crippen LogP contribution in [0, 0.1) is 11.8 Å². The lowest BCUT2D eigenvalue weighted by atomic mass is 9.90. The number of aliphatic carboxylic acids is 1. The van der Waals surface area contributed by atoms with E-state index in [1.165, 1.54) is 0 Å². The second-order valence-electron chi connectivity index (χ2n) is 9.96. The molecule has 2 N–H and O–H groups in total. The molecule has 0 fully saturated rings. The molecule has 0 heterocycles. The van der Waals surface area contributed by atoms with Gasteiger partial charge in [0, 0.05) is 25.8 Å². The SMILES string of the molecule is CCCNCC(COc1ccccc1C(=O)CCc1ccccc1)OC(=O)CCC(=O)C[C@H](C(=O)O)C(C)C. The summed E-state index contributed by atoms with van der Waals surface area (Å²) < 4.78 is 11.6. The molecule has 2 aromatic rings. The predicted molar refractivity (Wildman–Crippen MR) is 149 cm³/mol. The molecule has 2 atom stereocenters. The van der Waals surface area contributed by atoms with Crippen molar-refractivity contribution >= 4 is 23.5 Å². The largest absolute Gasteiger partial charge is 0.489 e. The first-order valence-corrected chi connectivity index (χ1v) is 13.6. The molecule has 0 aromatic heterocycles. The molecule has 0 aliphatic rings. The molecule has 0 aliphatic heterocycles. The van der Waals surface area contributed by atoms with Gasteiger partial charge in [-0.2, -0.15) is 0 Å². The summed E-state index contributed by atoms with van der Waals surface area (Å²) in [6, 6.07) is 16.8. The lowest BCUT2D eigenvalue weighted by Gasteiger charge is -2.20. The standard InChI is InChI=1S/C31H41NO7/c1-4-18-32-20-25(39-30(35)17-15-24(33)19-27(22(2)3)31(36)37)21-38-29-13-9-8-12-26(29)28(34)16-14-23-10-6-5-7-11-23/h5-13,22,25,27,32H,4,14-21H2,1-3H3,(H,36,37)/t25?,27-/m0/s1. The van der Waals surface area contributed by atoms with Crippen molar-refractivity contribution in [2.75, 3.05) is 19.7 Å². The second-order valence-corrected chi connectivity index (χ2v) is 9.96. The summed E-state index contributed by atoms with van der Waals surface area (Å²) >= 11 is 0. The van der Waals surface area contributed by atoms with Crippen LogP contribution < -0.4 is 10.1 Å². The van der Waals surface area contributed by atoms with Crippen molar-refractivity contribution in [1.29, 1.82) is 0 Å². The number of para-hydroxylation sites is 1. The molecule has 0 saturated carbocycles. The third-order valence-electron chi connectivity index (χ3n) is 6.37. The van der Waals surface area contributed by atoms with Gasteiger partial charge in [0.2, 0.25) is 0 Å². The predicted octanol–water partition coefficient (Wildman–Crippen LogP) is 4.89. The van der Waals surface area contributed by atoms with Gasteiger partial charge in [0.15, 0.2) is 5.78 Å². The zero-order valence-electron chi connectivity index (χ0n) is 23.2.